The molecule has 0 heterocycles. The Hall–Kier alpha value is -1.21. The van der Waals surface area contributed by atoms with E-state index >= 15 is 0 Å². The molecule has 0 bridgehead atoms. The molecular weight excluding hydrogens is 364 g/mol. The number of hydrogen-bond acceptors (Lipinski definition) is 2. The summed E-state index contributed by atoms with van der Waals surface area (Å²) in [5.41, 5.74) is 2.78. The van der Waals surface area contributed by atoms with Crippen molar-refractivity contribution in [3.05, 3.63) is 71.8 Å². The van der Waals surface area contributed by atoms with Crippen LogP contribution in [-0.4, -0.2) is 29.8 Å². The number of benzene rings is 2. The first-order valence-electron chi connectivity index (χ1n) is 9.93. The minimum atomic E-state index is -1.73. The second-order valence-electron chi connectivity index (χ2n) is 9.59. The van der Waals surface area contributed by atoms with Crippen molar-refractivity contribution in [1.29, 1.82) is 0 Å². The second kappa shape index (κ2) is 9.33. The maximum Gasteiger partial charge on any atom is 0.191 e. The molecule has 0 fully saturated rings. The Kier molecular flexibility index (Phi) is 7.63. The van der Waals surface area contributed by atoms with E-state index in [0.29, 0.717) is 0 Å². The molecular formula is C23H36O2Si2. The third kappa shape index (κ3) is 8.56. The second-order valence-corrected chi connectivity index (χ2v) is 17.9. The number of hydrogen-bond donors (Lipinski definition) is 0. The standard InChI is InChI=1S/C23H36O2Si2/c1-23(2,19-24-26(3,4)17-21-13-9-7-10-14-21)20-25-27(5,6)18-22-15-11-8-12-16-22/h7-16H,17-20H2,1-6H3. The predicted octanol–water partition coefficient (Wildman–Crippen LogP) is 6.02. The molecule has 0 aliphatic rings. The van der Waals surface area contributed by atoms with Crippen LogP contribution < -0.4 is 0 Å². The van der Waals surface area contributed by atoms with Gasteiger partial charge in [-0.25, -0.2) is 0 Å². The van der Waals surface area contributed by atoms with Gasteiger partial charge >= 0.3 is 0 Å². The third-order valence-electron chi connectivity index (χ3n) is 4.65. The summed E-state index contributed by atoms with van der Waals surface area (Å²) in [6.45, 7) is 15.3. The van der Waals surface area contributed by atoms with Crippen molar-refractivity contribution in [2.45, 2.75) is 52.1 Å². The quantitative estimate of drug-likeness (QED) is 0.454. The van der Waals surface area contributed by atoms with Crippen molar-refractivity contribution in [3.63, 3.8) is 0 Å². The van der Waals surface area contributed by atoms with E-state index in [1.807, 2.05) is 0 Å². The molecule has 0 atom stereocenters. The fraction of sp³-hybridized carbons (Fsp3) is 0.478. The smallest absolute Gasteiger partial charge is 0.191 e. The van der Waals surface area contributed by atoms with Gasteiger partial charge < -0.3 is 8.85 Å². The Balaban J connectivity index is 1.83. The van der Waals surface area contributed by atoms with Gasteiger partial charge in [0, 0.05) is 18.6 Å². The monoisotopic (exact) mass is 400 g/mol. The zero-order valence-corrected chi connectivity index (χ0v) is 19.9. The van der Waals surface area contributed by atoms with Gasteiger partial charge in [0.1, 0.15) is 0 Å². The van der Waals surface area contributed by atoms with E-state index < -0.39 is 16.6 Å². The lowest BCUT2D eigenvalue weighted by Crippen LogP contribution is -2.42. The Morgan fingerprint density at radius 1 is 0.630 bits per heavy atom. The predicted molar refractivity (Wildman–Crippen MR) is 121 cm³/mol. The van der Waals surface area contributed by atoms with E-state index in [1.54, 1.807) is 0 Å². The van der Waals surface area contributed by atoms with Gasteiger partial charge in [-0.05, 0) is 49.4 Å². The van der Waals surface area contributed by atoms with E-state index in [0.717, 1.165) is 25.3 Å². The van der Waals surface area contributed by atoms with Crippen molar-refractivity contribution in [1.82, 2.24) is 0 Å². The fourth-order valence-corrected chi connectivity index (χ4v) is 7.30. The summed E-state index contributed by atoms with van der Waals surface area (Å²) in [5, 5.41) is 0. The molecule has 2 aromatic carbocycles. The number of rotatable bonds is 10. The summed E-state index contributed by atoms with van der Waals surface area (Å²) in [6, 6.07) is 23.5. The van der Waals surface area contributed by atoms with Gasteiger partial charge in [-0.2, -0.15) is 0 Å². The van der Waals surface area contributed by atoms with Crippen LogP contribution in [0.3, 0.4) is 0 Å². The van der Waals surface area contributed by atoms with E-state index in [-0.39, 0.29) is 5.41 Å². The SMILES string of the molecule is CC(C)(CO[Si](C)(C)Cc1ccccc1)CO[Si](C)(C)Cc1ccccc1. The lowest BCUT2D eigenvalue weighted by atomic mass is 9.97. The van der Waals surface area contributed by atoms with Crippen LogP contribution in [-0.2, 0) is 20.9 Å². The van der Waals surface area contributed by atoms with Gasteiger partial charge in [0.25, 0.3) is 0 Å². The van der Waals surface area contributed by atoms with Gasteiger partial charge in [0.05, 0.1) is 0 Å². The van der Waals surface area contributed by atoms with E-state index in [4.69, 9.17) is 8.85 Å². The third-order valence-corrected chi connectivity index (χ3v) is 9.02. The molecule has 0 spiro atoms. The summed E-state index contributed by atoms with van der Waals surface area (Å²) in [7, 11) is -3.47. The first kappa shape index (κ1) is 22.1. The molecule has 4 heteroatoms. The van der Waals surface area contributed by atoms with Crippen molar-refractivity contribution in [2.24, 2.45) is 5.41 Å². The molecule has 2 aromatic rings. The normalized spacial score (nSPS) is 13.0. The first-order valence-corrected chi connectivity index (χ1v) is 16.2. The largest absolute Gasteiger partial charge is 0.416 e. The highest BCUT2D eigenvalue weighted by molar-refractivity contribution is 6.71. The zero-order valence-electron chi connectivity index (χ0n) is 17.9. The highest BCUT2D eigenvalue weighted by atomic mass is 28.4. The zero-order chi connectivity index (χ0) is 20.0. The van der Waals surface area contributed by atoms with Crippen LogP contribution in [0.1, 0.15) is 25.0 Å². The molecule has 0 aromatic heterocycles. The van der Waals surface area contributed by atoms with Crippen LogP contribution in [0.15, 0.2) is 60.7 Å². The molecule has 0 aliphatic heterocycles. The topological polar surface area (TPSA) is 18.5 Å². The molecule has 2 rings (SSSR count). The minimum absolute atomic E-state index is 0.0297. The lowest BCUT2D eigenvalue weighted by Gasteiger charge is -2.34. The van der Waals surface area contributed by atoms with Crippen molar-refractivity contribution in [3.8, 4) is 0 Å². The van der Waals surface area contributed by atoms with Crippen LogP contribution >= 0.6 is 0 Å². The molecule has 0 aliphatic carbocycles. The van der Waals surface area contributed by atoms with Crippen LogP contribution in [0.2, 0.25) is 26.2 Å². The van der Waals surface area contributed by atoms with Gasteiger partial charge in [-0.3, -0.25) is 0 Å². The maximum absolute atomic E-state index is 6.46. The maximum atomic E-state index is 6.46. The summed E-state index contributed by atoms with van der Waals surface area (Å²) in [5.74, 6) is 0. The van der Waals surface area contributed by atoms with Gasteiger partial charge in [-0.15, -0.1) is 0 Å². The Bertz CT molecular complexity index is 623. The average molecular weight is 401 g/mol. The van der Waals surface area contributed by atoms with Crippen molar-refractivity contribution < 1.29 is 8.85 Å². The van der Waals surface area contributed by atoms with Crippen molar-refractivity contribution >= 4 is 16.6 Å². The molecule has 0 saturated carbocycles. The highest BCUT2D eigenvalue weighted by Crippen LogP contribution is 2.24. The first-order chi connectivity index (χ1) is 12.6. The Morgan fingerprint density at radius 2 is 0.963 bits per heavy atom. The molecule has 0 unspecified atom stereocenters. The van der Waals surface area contributed by atoms with Crippen molar-refractivity contribution in [2.75, 3.05) is 13.2 Å². The Morgan fingerprint density at radius 3 is 1.30 bits per heavy atom. The summed E-state index contributed by atoms with van der Waals surface area (Å²) in [6.07, 6.45) is 0. The van der Waals surface area contributed by atoms with Crippen LogP contribution in [0, 0.1) is 5.41 Å². The highest BCUT2D eigenvalue weighted by Gasteiger charge is 2.30. The van der Waals surface area contributed by atoms with E-state index in [1.165, 1.54) is 11.1 Å². The molecule has 0 amide bonds. The molecule has 0 radical (unpaired) electrons. The Labute approximate surface area is 168 Å². The van der Waals surface area contributed by atoms with Gasteiger partial charge in [0.15, 0.2) is 16.6 Å². The fourth-order valence-electron chi connectivity index (χ4n) is 3.10. The molecule has 0 saturated heterocycles. The van der Waals surface area contributed by atoms with Crippen LogP contribution in [0.5, 0.6) is 0 Å². The average Bonchev–Trinajstić information content (AvgIpc) is 2.60. The van der Waals surface area contributed by atoms with Crippen LogP contribution in [0.25, 0.3) is 0 Å². The van der Waals surface area contributed by atoms with Gasteiger partial charge in [-0.1, -0.05) is 74.5 Å². The summed E-state index contributed by atoms with van der Waals surface area (Å²) < 4.78 is 12.9. The molecule has 0 N–H and O–H groups in total. The van der Waals surface area contributed by atoms with E-state index in [2.05, 4.69) is 101 Å². The lowest BCUT2D eigenvalue weighted by molar-refractivity contribution is 0.101. The van der Waals surface area contributed by atoms with E-state index in [9.17, 15) is 0 Å². The summed E-state index contributed by atoms with van der Waals surface area (Å²) >= 11 is 0. The minimum Gasteiger partial charge on any atom is -0.416 e. The summed E-state index contributed by atoms with van der Waals surface area (Å²) in [4.78, 5) is 0. The molecule has 2 nitrogen and oxygen atoms in total. The van der Waals surface area contributed by atoms with Crippen LogP contribution in [0.4, 0.5) is 0 Å². The molecule has 27 heavy (non-hydrogen) atoms. The van der Waals surface area contributed by atoms with Gasteiger partial charge in [0.2, 0.25) is 0 Å². The molecule has 148 valence electrons.